The predicted molar refractivity (Wildman–Crippen MR) is 132 cm³/mol. The van der Waals surface area contributed by atoms with Gasteiger partial charge in [0.2, 0.25) is 0 Å². The van der Waals surface area contributed by atoms with Gasteiger partial charge in [0.15, 0.2) is 4.80 Å². The molecular weight excluding hydrogens is 509 g/mol. The summed E-state index contributed by atoms with van der Waals surface area (Å²) < 4.78 is 53.4. The van der Waals surface area contributed by atoms with Crippen LogP contribution in [0, 0.1) is 5.82 Å². The first-order valence-electron chi connectivity index (χ1n) is 10.4. The molecule has 0 spiro atoms. The van der Waals surface area contributed by atoms with E-state index in [-0.39, 0.29) is 27.5 Å². The highest BCUT2D eigenvalue weighted by molar-refractivity contribution is 7.92. The molecule has 0 aliphatic rings. The number of methoxy groups -OCH3 is 2. The Labute approximate surface area is 209 Å². The molecule has 3 aromatic carbocycles. The van der Waals surface area contributed by atoms with E-state index >= 15 is 0 Å². The minimum absolute atomic E-state index is 0.0195. The van der Waals surface area contributed by atoms with Crippen molar-refractivity contribution in [2.45, 2.75) is 11.4 Å². The number of anilines is 1. The van der Waals surface area contributed by atoms with Crippen molar-refractivity contribution in [1.29, 1.82) is 0 Å². The molecule has 0 bridgehead atoms. The number of amides is 1. The number of esters is 1. The molecular formula is C24H20FN3O6S2. The molecule has 0 saturated heterocycles. The van der Waals surface area contributed by atoms with E-state index in [9.17, 15) is 22.4 Å². The van der Waals surface area contributed by atoms with Crippen molar-refractivity contribution >= 4 is 49.1 Å². The van der Waals surface area contributed by atoms with Crippen molar-refractivity contribution in [2.75, 3.05) is 18.9 Å². The molecule has 36 heavy (non-hydrogen) atoms. The number of thiazole rings is 1. The molecule has 0 saturated carbocycles. The molecule has 12 heteroatoms. The SMILES string of the molecule is COC(=O)Cn1c(=NC(=O)c2cccc(NS(=O)(=O)c3ccc(OC)cc3)c2)sc2cc(F)ccc21. The Kier molecular flexibility index (Phi) is 7.17. The maximum Gasteiger partial charge on any atom is 0.325 e. The number of fused-ring (bicyclic) bond motifs is 1. The second kappa shape index (κ2) is 10.3. The topological polar surface area (TPSA) is 116 Å². The number of carbonyl (C=O) groups excluding carboxylic acids is 2. The van der Waals surface area contributed by atoms with Crippen LogP contribution in [-0.4, -0.2) is 39.1 Å². The standard InChI is InChI=1S/C24H20FN3O6S2/c1-33-18-7-9-19(10-8-18)36(31,32)27-17-5-3-4-15(12-17)23(30)26-24-28(14-22(29)34-2)20-11-6-16(25)13-21(20)35-24/h3-13,27H,14H2,1-2H3. The molecule has 4 aromatic rings. The van der Waals surface area contributed by atoms with Gasteiger partial charge in [0, 0.05) is 11.3 Å². The van der Waals surface area contributed by atoms with Gasteiger partial charge in [0.1, 0.15) is 18.1 Å². The molecule has 186 valence electrons. The molecule has 9 nitrogen and oxygen atoms in total. The summed E-state index contributed by atoms with van der Waals surface area (Å²) in [5, 5.41) is 0. The van der Waals surface area contributed by atoms with Crippen LogP contribution < -0.4 is 14.3 Å². The van der Waals surface area contributed by atoms with Gasteiger partial charge in [0.05, 0.1) is 29.3 Å². The van der Waals surface area contributed by atoms with Crippen molar-refractivity contribution in [2.24, 2.45) is 4.99 Å². The average molecular weight is 530 g/mol. The number of aromatic nitrogens is 1. The van der Waals surface area contributed by atoms with Crippen molar-refractivity contribution in [3.8, 4) is 5.75 Å². The third-order valence-electron chi connectivity index (χ3n) is 5.09. The molecule has 1 aromatic heterocycles. The maximum atomic E-state index is 13.7. The molecule has 0 unspecified atom stereocenters. The Hall–Kier alpha value is -4.03. The lowest BCUT2D eigenvalue weighted by molar-refractivity contribution is -0.141. The van der Waals surface area contributed by atoms with E-state index in [2.05, 4.69) is 9.71 Å². The number of sulfonamides is 1. The second-order valence-electron chi connectivity index (χ2n) is 7.44. The lowest BCUT2D eigenvalue weighted by Crippen LogP contribution is -2.22. The van der Waals surface area contributed by atoms with Crippen molar-refractivity contribution < 1.29 is 31.9 Å². The van der Waals surface area contributed by atoms with Gasteiger partial charge >= 0.3 is 5.97 Å². The first-order chi connectivity index (χ1) is 17.2. The van der Waals surface area contributed by atoms with Crippen LogP contribution in [0.3, 0.4) is 0 Å². The van der Waals surface area contributed by atoms with E-state index in [1.54, 1.807) is 0 Å². The van der Waals surface area contributed by atoms with Crippen LogP contribution in [0.4, 0.5) is 10.1 Å². The number of nitrogens with zero attached hydrogens (tertiary/aromatic N) is 2. The van der Waals surface area contributed by atoms with Crippen LogP contribution in [0.25, 0.3) is 10.2 Å². The molecule has 0 radical (unpaired) electrons. The Morgan fingerprint density at radius 3 is 2.50 bits per heavy atom. The molecule has 1 heterocycles. The van der Waals surface area contributed by atoms with Crippen LogP contribution in [0.2, 0.25) is 0 Å². The first-order valence-corrected chi connectivity index (χ1v) is 12.7. The number of hydrogen-bond donors (Lipinski definition) is 1. The van der Waals surface area contributed by atoms with Crippen LogP contribution in [0.1, 0.15) is 10.4 Å². The lowest BCUT2D eigenvalue weighted by Gasteiger charge is -2.09. The van der Waals surface area contributed by atoms with E-state index in [0.29, 0.717) is 16.0 Å². The zero-order valence-electron chi connectivity index (χ0n) is 19.1. The smallest absolute Gasteiger partial charge is 0.325 e. The van der Waals surface area contributed by atoms with E-state index < -0.39 is 27.7 Å². The van der Waals surface area contributed by atoms with Crippen LogP contribution in [0.15, 0.2) is 76.6 Å². The Bertz CT molecular complexity index is 1630. The zero-order chi connectivity index (χ0) is 25.9. The number of benzene rings is 3. The molecule has 1 amide bonds. The number of nitrogens with one attached hydrogen (secondary N) is 1. The van der Waals surface area contributed by atoms with Gasteiger partial charge in [-0.2, -0.15) is 4.99 Å². The summed E-state index contributed by atoms with van der Waals surface area (Å²) in [4.78, 5) is 29.2. The molecule has 0 atom stereocenters. The summed E-state index contributed by atoms with van der Waals surface area (Å²) in [6.07, 6.45) is 0. The van der Waals surface area contributed by atoms with E-state index in [1.165, 1.54) is 85.5 Å². The highest BCUT2D eigenvalue weighted by Gasteiger charge is 2.16. The highest BCUT2D eigenvalue weighted by atomic mass is 32.2. The predicted octanol–water partition coefficient (Wildman–Crippen LogP) is 3.57. The van der Waals surface area contributed by atoms with Gasteiger partial charge in [-0.3, -0.25) is 14.3 Å². The fourth-order valence-electron chi connectivity index (χ4n) is 3.31. The highest BCUT2D eigenvalue weighted by Crippen LogP contribution is 2.21. The number of hydrogen-bond acceptors (Lipinski definition) is 7. The summed E-state index contributed by atoms with van der Waals surface area (Å²) in [6.45, 7) is -0.226. The van der Waals surface area contributed by atoms with Gasteiger partial charge < -0.3 is 14.0 Å². The Morgan fingerprint density at radius 2 is 1.81 bits per heavy atom. The summed E-state index contributed by atoms with van der Waals surface area (Å²) in [6, 6.07) is 15.7. The van der Waals surface area contributed by atoms with Gasteiger partial charge in [-0.05, 0) is 60.7 Å². The van der Waals surface area contributed by atoms with Crippen LogP contribution in [0.5, 0.6) is 5.75 Å². The zero-order valence-corrected chi connectivity index (χ0v) is 20.7. The lowest BCUT2D eigenvalue weighted by atomic mass is 10.2. The summed E-state index contributed by atoms with van der Waals surface area (Å²) in [7, 11) is -1.21. The number of ether oxygens (including phenoxy) is 2. The third kappa shape index (κ3) is 5.44. The van der Waals surface area contributed by atoms with E-state index in [0.717, 1.165) is 11.3 Å². The fraction of sp³-hybridized carbons (Fsp3) is 0.125. The van der Waals surface area contributed by atoms with Gasteiger partial charge in [0.25, 0.3) is 15.9 Å². The van der Waals surface area contributed by atoms with Crippen molar-refractivity contribution in [3.63, 3.8) is 0 Å². The summed E-state index contributed by atoms with van der Waals surface area (Å²) in [5.74, 6) is -1.20. The van der Waals surface area contributed by atoms with Crippen molar-refractivity contribution in [1.82, 2.24) is 4.57 Å². The maximum absolute atomic E-state index is 13.7. The second-order valence-corrected chi connectivity index (χ2v) is 10.1. The average Bonchev–Trinajstić information content (AvgIpc) is 3.19. The largest absolute Gasteiger partial charge is 0.497 e. The fourth-order valence-corrected chi connectivity index (χ4v) is 5.42. The van der Waals surface area contributed by atoms with Crippen LogP contribution in [-0.2, 0) is 26.1 Å². The molecule has 1 N–H and O–H groups in total. The summed E-state index contributed by atoms with van der Waals surface area (Å²) >= 11 is 1.03. The van der Waals surface area contributed by atoms with Gasteiger partial charge in [-0.25, -0.2) is 12.8 Å². The molecule has 0 fully saturated rings. The number of rotatable bonds is 7. The normalized spacial score (nSPS) is 11.9. The first kappa shape index (κ1) is 25.1. The van der Waals surface area contributed by atoms with E-state index in [4.69, 9.17) is 9.47 Å². The molecule has 0 aliphatic heterocycles. The minimum Gasteiger partial charge on any atom is -0.497 e. The third-order valence-corrected chi connectivity index (χ3v) is 7.53. The number of carbonyl (C=O) groups is 2. The van der Waals surface area contributed by atoms with Crippen molar-refractivity contribution in [3.05, 3.63) is 82.9 Å². The monoisotopic (exact) mass is 529 g/mol. The van der Waals surface area contributed by atoms with Gasteiger partial charge in [-0.1, -0.05) is 17.4 Å². The quantitative estimate of drug-likeness (QED) is 0.366. The van der Waals surface area contributed by atoms with Crippen LogP contribution >= 0.6 is 11.3 Å². The molecule has 0 aliphatic carbocycles. The molecule has 4 rings (SSSR count). The minimum atomic E-state index is -3.92. The number of halogens is 1. The Balaban J connectivity index is 1.66. The van der Waals surface area contributed by atoms with E-state index in [1.807, 2.05) is 0 Å². The summed E-state index contributed by atoms with van der Waals surface area (Å²) in [5.41, 5.74) is 0.783. The Morgan fingerprint density at radius 1 is 1.06 bits per heavy atom. The van der Waals surface area contributed by atoms with Gasteiger partial charge in [-0.15, -0.1) is 0 Å².